The molecule has 24 heavy (non-hydrogen) atoms. The number of hydrogen-bond acceptors (Lipinski definition) is 6. The molecule has 0 amide bonds. The van der Waals surface area contributed by atoms with E-state index in [1.807, 2.05) is 24.3 Å². The highest BCUT2D eigenvalue weighted by Crippen LogP contribution is 2.29. The fourth-order valence-electron chi connectivity index (χ4n) is 2.49. The van der Waals surface area contributed by atoms with Crippen LogP contribution in [-0.2, 0) is 4.74 Å². The van der Waals surface area contributed by atoms with Crippen LogP contribution in [0.5, 0.6) is 11.6 Å². The molecule has 2 aromatic heterocycles. The van der Waals surface area contributed by atoms with Gasteiger partial charge in [0.05, 0.1) is 18.1 Å². The van der Waals surface area contributed by atoms with E-state index in [1.165, 1.54) is 7.11 Å². The second-order valence-electron chi connectivity index (χ2n) is 5.02. The topological polar surface area (TPSA) is 78.6 Å². The highest BCUT2D eigenvalue weighted by atomic mass is 16.5. The molecule has 0 unspecified atom stereocenters. The summed E-state index contributed by atoms with van der Waals surface area (Å²) in [6.07, 6.45) is 1.60. The lowest BCUT2D eigenvalue weighted by Gasteiger charge is -2.10. The van der Waals surface area contributed by atoms with Crippen molar-refractivity contribution in [1.29, 1.82) is 0 Å². The number of ether oxygens (including phenoxy) is 2. The SMILES string of the molecule is COC(=O)c1ccccc1Oc1nc2ccccc2n2cnnc12. The molecule has 0 radical (unpaired) electrons. The molecular weight excluding hydrogens is 308 g/mol. The van der Waals surface area contributed by atoms with Gasteiger partial charge in [-0.2, -0.15) is 0 Å². The van der Waals surface area contributed by atoms with Crippen molar-refractivity contribution in [3.8, 4) is 11.6 Å². The van der Waals surface area contributed by atoms with Gasteiger partial charge >= 0.3 is 5.97 Å². The van der Waals surface area contributed by atoms with Crippen LogP contribution in [0.4, 0.5) is 0 Å². The van der Waals surface area contributed by atoms with Gasteiger partial charge < -0.3 is 9.47 Å². The number of aromatic nitrogens is 4. The Morgan fingerprint density at radius 1 is 1.08 bits per heavy atom. The van der Waals surface area contributed by atoms with E-state index < -0.39 is 5.97 Å². The Kier molecular flexibility index (Phi) is 3.31. The summed E-state index contributed by atoms with van der Waals surface area (Å²) in [5, 5.41) is 8.00. The molecule has 7 heteroatoms. The molecule has 0 saturated heterocycles. The van der Waals surface area contributed by atoms with Crippen LogP contribution in [0.3, 0.4) is 0 Å². The molecule has 0 fully saturated rings. The fourth-order valence-corrected chi connectivity index (χ4v) is 2.49. The van der Waals surface area contributed by atoms with Gasteiger partial charge in [-0.15, -0.1) is 10.2 Å². The Morgan fingerprint density at radius 2 is 1.88 bits per heavy atom. The first-order valence-electron chi connectivity index (χ1n) is 7.21. The van der Waals surface area contributed by atoms with Gasteiger partial charge in [0.2, 0.25) is 5.65 Å². The van der Waals surface area contributed by atoms with E-state index in [1.54, 1.807) is 35.0 Å². The molecule has 0 bridgehead atoms. The lowest BCUT2D eigenvalue weighted by molar-refractivity contribution is 0.0598. The molecule has 0 aliphatic rings. The Bertz CT molecular complexity index is 1060. The van der Waals surface area contributed by atoms with E-state index in [4.69, 9.17) is 9.47 Å². The molecule has 0 saturated carbocycles. The smallest absolute Gasteiger partial charge is 0.341 e. The average Bonchev–Trinajstić information content (AvgIpc) is 3.12. The van der Waals surface area contributed by atoms with Crippen LogP contribution >= 0.6 is 0 Å². The second-order valence-corrected chi connectivity index (χ2v) is 5.02. The molecule has 7 nitrogen and oxygen atoms in total. The summed E-state index contributed by atoms with van der Waals surface area (Å²) in [6, 6.07) is 14.4. The minimum Gasteiger partial charge on any atom is -0.465 e. The molecule has 2 heterocycles. The van der Waals surface area contributed by atoms with Crippen LogP contribution < -0.4 is 4.74 Å². The summed E-state index contributed by atoms with van der Waals surface area (Å²) in [5.41, 5.74) is 2.38. The summed E-state index contributed by atoms with van der Waals surface area (Å²) in [4.78, 5) is 16.4. The monoisotopic (exact) mass is 320 g/mol. The van der Waals surface area contributed by atoms with E-state index in [0.717, 1.165) is 11.0 Å². The number of carbonyl (C=O) groups is 1. The van der Waals surface area contributed by atoms with Gasteiger partial charge in [0.25, 0.3) is 5.88 Å². The van der Waals surface area contributed by atoms with Gasteiger partial charge in [-0.3, -0.25) is 4.40 Å². The molecule has 0 spiro atoms. The quantitative estimate of drug-likeness (QED) is 0.540. The number of hydrogen-bond donors (Lipinski definition) is 0. The first-order chi connectivity index (χ1) is 11.8. The predicted octanol–water partition coefficient (Wildman–Crippen LogP) is 2.86. The number of nitrogens with zero attached hydrogens (tertiary/aromatic N) is 4. The van der Waals surface area contributed by atoms with Crippen molar-refractivity contribution in [2.24, 2.45) is 0 Å². The Hall–Kier alpha value is -3.48. The van der Waals surface area contributed by atoms with Gasteiger partial charge in [0, 0.05) is 0 Å². The highest BCUT2D eigenvalue weighted by Gasteiger charge is 2.17. The fraction of sp³-hybridized carbons (Fsp3) is 0.0588. The van der Waals surface area contributed by atoms with E-state index in [-0.39, 0.29) is 5.88 Å². The number of esters is 1. The largest absolute Gasteiger partial charge is 0.465 e. The summed E-state index contributed by atoms with van der Waals surface area (Å²) in [7, 11) is 1.32. The third-order valence-corrected chi connectivity index (χ3v) is 3.60. The molecule has 4 aromatic rings. The van der Waals surface area contributed by atoms with Crippen molar-refractivity contribution in [3.05, 3.63) is 60.4 Å². The molecule has 0 N–H and O–H groups in total. The average molecular weight is 320 g/mol. The van der Waals surface area contributed by atoms with E-state index in [2.05, 4.69) is 15.2 Å². The number of methoxy groups -OCH3 is 1. The molecule has 2 aromatic carbocycles. The number of carbonyl (C=O) groups excluding carboxylic acids is 1. The van der Waals surface area contributed by atoms with Gasteiger partial charge in [-0.25, -0.2) is 9.78 Å². The summed E-state index contributed by atoms with van der Waals surface area (Å²) < 4.78 is 12.5. The third kappa shape index (κ3) is 2.23. The van der Waals surface area contributed by atoms with Crippen molar-refractivity contribution in [3.63, 3.8) is 0 Å². The van der Waals surface area contributed by atoms with Crippen molar-refractivity contribution < 1.29 is 14.3 Å². The standard InChI is InChI=1S/C17H12N4O3/c1-23-17(22)11-6-2-5-9-14(11)24-16-15-20-18-10-21(15)13-8-4-3-7-12(13)19-16/h2-10H,1H3. The number of fused-ring (bicyclic) bond motifs is 3. The maximum atomic E-state index is 11.9. The zero-order chi connectivity index (χ0) is 16.5. The summed E-state index contributed by atoms with van der Waals surface area (Å²) in [5.74, 6) is 0.128. The molecule has 0 aliphatic heterocycles. The Labute approximate surface area is 136 Å². The minimum atomic E-state index is -0.483. The maximum Gasteiger partial charge on any atom is 0.341 e. The lowest BCUT2D eigenvalue weighted by atomic mass is 10.2. The van der Waals surface area contributed by atoms with Gasteiger partial charge in [0.1, 0.15) is 17.6 Å². The zero-order valence-electron chi connectivity index (χ0n) is 12.7. The van der Waals surface area contributed by atoms with Crippen LogP contribution in [0.25, 0.3) is 16.7 Å². The van der Waals surface area contributed by atoms with E-state index in [9.17, 15) is 4.79 Å². The third-order valence-electron chi connectivity index (χ3n) is 3.60. The molecule has 118 valence electrons. The first-order valence-corrected chi connectivity index (χ1v) is 7.21. The molecule has 4 rings (SSSR count). The highest BCUT2D eigenvalue weighted by molar-refractivity contribution is 5.92. The molecular formula is C17H12N4O3. The Morgan fingerprint density at radius 3 is 2.75 bits per heavy atom. The van der Waals surface area contributed by atoms with Crippen LogP contribution in [0, 0.1) is 0 Å². The van der Waals surface area contributed by atoms with Gasteiger partial charge in [0.15, 0.2) is 0 Å². The zero-order valence-corrected chi connectivity index (χ0v) is 12.7. The predicted molar refractivity (Wildman–Crippen MR) is 86.1 cm³/mol. The first kappa shape index (κ1) is 14.1. The molecule has 0 atom stereocenters. The Balaban J connectivity index is 1.88. The van der Waals surface area contributed by atoms with Crippen LogP contribution in [0.1, 0.15) is 10.4 Å². The van der Waals surface area contributed by atoms with Crippen LogP contribution in [-0.4, -0.2) is 32.7 Å². The lowest BCUT2D eigenvalue weighted by Crippen LogP contribution is -2.04. The summed E-state index contributed by atoms with van der Waals surface area (Å²) >= 11 is 0. The van der Waals surface area contributed by atoms with Crippen LogP contribution in [0.15, 0.2) is 54.9 Å². The van der Waals surface area contributed by atoms with Crippen molar-refractivity contribution in [1.82, 2.24) is 19.6 Å². The van der Waals surface area contributed by atoms with Crippen LogP contribution in [0.2, 0.25) is 0 Å². The van der Waals surface area contributed by atoms with Crippen molar-refractivity contribution in [2.75, 3.05) is 7.11 Å². The van der Waals surface area contributed by atoms with E-state index in [0.29, 0.717) is 17.0 Å². The summed E-state index contributed by atoms with van der Waals surface area (Å²) in [6.45, 7) is 0. The molecule has 0 aliphatic carbocycles. The van der Waals surface area contributed by atoms with Gasteiger partial charge in [-0.05, 0) is 24.3 Å². The normalized spacial score (nSPS) is 10.9. The second kappa shape index (κ2) is 5.62. The van der Waals surface area contributed by atoms with Gasteiger partial charge in [-0.1, -0.05) is 24.3 Å². The number of benzene rings is 2. The minimum absolute atomic E-state index is 0.266. The van der Waals surface area contributed by atoms with E-state index >= 15 is 0 Å². The number of rotatable bonds is 3. The van der Waals surface area contributed by atoms with Crippen molar-refractivity contribution in [2.45, 2.75) is 0 Å². The maximum absolute atomic E-state index is 11.9. The van der Waals surface area contributed by atoms with Crippen molar-refractivity contribution >= 4 is 22.6 Å². The number of para-hydroxylation sites is 3.